The molecule has 1 aromatic carbocycles. The predicted octanol–water partition coefficient (Wildman–Crippen LogP) is 0.967. The van der Waals surface area contributed by atoms with Crippen LogP contribution in [0.4, 0.5) is 11.4 Å². The Hall–Kier alpha value is -1.95. The van der Waals surface area contributed by atoms with Crippen LogP contribution >= 0.6 is 0 Å². The Morgan fingerprint density at radius 1 is 1.53 bits per heavy atom. The van der Waals surface area contributed by atoms with Crippen molar-refractivity contribution in [1.82, 2.24) is 0 Å². The van der Waals surface area contributed by atoms with E-state index in [1.807, 2.05) is 0 Å². The summed E-state index contributed by atoms with van der Waals surface area (Å²) in [6.45, 7) is 3.93. The highest BCUT2D eigenvalue weighted by Crippen LogP contribution is 2.34. The fourth-order valence-corrected chi connectivity index (χ4v) is 1.77. The topological polar surface area (TPSA) is 99.6 Å². The number of amides is 1. The molecule has 5 N–H and O–H groups in total. The second kappa shape index (κ2) is 5.79. The fraction of sp³-hybridized carbons (Fsp3) is 0.462. The van der Waals surface area contributed by atoms with Crippen molar-refractivity contribution in [3.63, 3.8) is 0 Å². The first-order chi connectivity index (χ1) is 9.11. The van der Waals surface area contributed by atoms with E-state index in [0.29, 0.717) is 35.9 Å². The molecule has 0 saturated carbocycles. The van der Waals surface area contributed by atoms with Crippen LogP contribution in [0.1, 0.15) is 23.7 Å². The molecule has 1 saturated heterocycles. The van der Waals surface area contributed by atoms with Gasteiger partial charge in [0.2, 0.25) is 5.91 Å². The summed E-state index contributed by atoms with van der Waals surface area (Å²) in [5.41, 5.74) is 12.7. The maximum Gasteiger partial charge on any atom is 0.248 e. The van der Waals surface area contributed by atoms with Crippen molar-refractivity contribution >= 4 is 17.3 Å². The number of nitrogen functional groups attached to an aromatic ring is 1. The average molecular weight is 265 g/mol. The number of rotatable bonds is 6. The molecule has 6 heteroatoms. The molecule has 0 unspecified atom stereocenters. The van der Waals surface area contributed by atoms with E-state index in [9.17, 15) is 4.79 Å². The Kier molecular flexibility index (Phi) is 4.11. The number of nitrogens with two attached hydrogens (primary N) is 2. The summed E-state index contributed by atoms with van der Waals surface area (Å²) in [4.78, 5) is 11.3. The van der Waals surface area contributed by atoms with Gasteiger partial charge in [-0.25, -0.2) is 0 Å². The molecule has 0 aromatic heterocycles. The number of carbonyl (C=O) groups excluding carboxylic acids is 1. The quantitative estimate of drug-likeness (QED) is 0.665. The summed E-state index contributed by atoms with van der Waals surface area (Å²) in [5, 5.41) is 3.21. The van der Waals surface area contributed by atoms with Gasteiger partial charge in [-0.3, -0.25) is 4.79 Å². The number of nitrogens with one attached hydrogen (secondary N) is 1. The van der Waals surface area contributed by atoms with E-state index >= 15 is 0 Å². The van der Waals surface area contributed by atoms with Gasteiger partial charge in [0.1, 0.15) is 17.5 Å². The zero-order valence-electron chi connectivity index (χ0n) is 10.9. The van der Waals surface area contributed by atoms with Crippen LogP contribution in [0.15, 0.2) is 12.1 Å². The molecule has 0 spiro atoms. The van der Waals surface area contributed by atoms with Gasteiger partial charge in [0.25, 0.3) is 0 Å². The monoisotopic (exact) mass is 265 g/mol. The highest BCUT2D eigenvalue weighted by atomic mass is 16.6. The summed E-state index contributed by atoms with van der Waals surface area (Å²) >= 11 is 0. The van der Waals surface area contributed by atoms with Crippen LogP contribution < -0.4 is 21.5 Å². The average Bonchev–Trinajstić information content (AvgIpc) is 2.32. The maximum atomic E-state index is 11.3. The lowest BCUT2D eigenvalue weighted by molar-refractivity contribution is -0.0794. The smallest absolute Gasteiger partial charge is 0.248 e. The molecule has 0 radical (unpaired) electrons. The molecule has 1 aromatic rings. The van der Waals surface area contributed by atoms with Crippen LogP contribution in [-0.2, 0) is 4.74 Å². The summed E-state index contributed by atoms with van der Waals surface area (Å²) in [5.74, 6) is 0.0269. The fourth-order valence-electron chi connectivity index (χ4n) is 1.77. The lowest BCUT2D eigenvalue weighted by Gasteiger charge is -2.28. The van der Waals surface area contributed by atoms with Gasteiger partial charge < -0.3 is 26.3 Å². The summed E-state index contributed by atoms with van der Waals surface area (Å²) in [7, 11) is 0. The van der Waals surface area contributed by atoms with E-state index < -0.39 is 5.91 Å². The number of ether oxygens (including phenoxy) is 2. The van der Waals surface area contributed by atoms with Crippen molar-refractivity contribution in [1.29, 1.82) is 0 Å². The minimum absolute atomic E-state index is 0.00435. The van der Waals surface area contributed by atoms with E-state index in [-0.39, 0.29) is 6.10 Å². The molecular formula is C13H19N3O3. The first-order valence-electron chi connectivity index (χ1n) is 6.33. The van der Waals surface area contributed by atoms with Crippen molar-refractivity contribution < 1.29 is 14.3 Å². The summed E-state index contributed by atoms with van der Waals surface area (Å²) in [6, 6.07) is 3.18. The molecule has 0 bridgehead atoms. The molecule has 6 nitrogen and oxygen atoms in total. The number of carbonyl (C=O) groups is 1. The first-order valence-corrected chi connectivity index (χ1v) is 6.33. The molecule has 2 rings (SSSR count). The molecule has 1 aliphatic rings. The maximum absolute atomic E-state index is 11.3. The lowest BCUT2D eigenvalue weighted by atomic mass is 10.1. The zero-order valence-corrected chi connectivity index (χ0v) is 10.9. The third-order valence-electron chi connectivity index (χ3n) is 2.87. The Morgan fingerprint density at radius 3 is 2.79 bits per heavy atom. The molecule has 1 fully saturated rings. The number of hydrogen-bond donors (Lipinski definition) is 3. The van der Waals surface area contributed by atoms with Gasteiger partial charge in [0, 0.05) is 12.1 Å². The second-order valence-electron chi connectivity index (χ2n) is 4.51. The largest absolute Gasteiger partial charge is 0.483 e. The van der Waals surface area contributed by atoms with Gasteiger partial charge in [-0.2, -0.15) is 0 Å². The van der Waals surface area contributed by atoms with Crippen LogP contribution in [0.2, 0.25) is 0 Å². The van der Waals surface area contributed by atoms with E-state index in [2.05, 4.69) is 12.2 Å². The van der Waals surface area contributed by atoms with E-state index in [4.69, 9.17) is 20.9 Å². The van der Waals surface area contributed by atoms with Crippen molar-refractivity contribution in [3.05, 3.63) is 17.7 Å². The Balaban J connectivity index is 2.29. The molecule has 1 heterocycles. The summed E-state index contributed by atoms with van der Waals surface area (Å²) < 4.78 is 10.8. The standard InChI is InChI=1S/C13H19N3O3/c1-2-3-16-12-10(14)4-8(13(15)17)5-11(12)19-9-6-18-7-9/h4-5,9,16H,2-3,6-7,14H2,1H3,(H2,15,17). The molecule has 0 aliphatic carbocycles. The van der Waals surface area contributed by atoms with Crippen molar-refractivity contribution in [2.45, 2.75) is 19.4 Å². The Morgan fingerprint density at radius 2 is 2.26 bits per heavy atom. The van der Waals surface area contributed by atoms with Crippen molar-refractivity contribution in [2.75, 3.05) is 30.8 Å². The summed E-state index contributed by atoms with van der Waals surface area (Å²) in [6.07, 6.45) is 0.966. The number of primary amides is 1. The van der Waals surface area contributed by atoms with Gasteiger partial charge in [-0.1, -0.05) is 6.92 Å². The van der Waals surface area contributed by atoms with Gasteiger partial charge in [-0.05, 0) is 18.6 Å². The molecule has 19 heavy (non-hydrogen) atoms. The van der Waals surface area contributed by atoms with Gasteiger partial charge >= 0.3 is 0 Å². The van der Waals surface area contributed by atoms with E-state index in [1.54, 1.807) is 12.1 Å². The Labute approximate surface area is 112 Å². The third-order valence-corrected chi connectivity index (χ3v) is 2.87. The lowest BCUT2D eigenvalue weighted by Crippen LogP contribution is -2.38. The van der Waals surface area contributed by atoms with Gasteiger partial charge in [0.15, 0.2) is 0 Å². The minimum atomic E-state index is -0.525. The van der Waals surface area contributed by atoms with Crippen LogP contribution in [0.5, 0.6) is 5.75 Å². The second-order valence-corrected chi connectivity index (χ2v) is 4.51. The van der Waals surface area contributed by atoms with Crippen LogP contribution in [0.3, 0.4) is 0 Å². The predicted molar refractivity (Wildman–Crippen MR) is 73.4 cm³/mol. The molecule has 1 aliphatic heterocycles. The first kappa shape index (κ1) is 13.5. The molecular weight excluding hydrogens is 246 g/mol. The highest BCUT2D eigenvalue weighted by Gasteiger charge is 2.23. The van der Waals surface area contributed by atoms with E-state index in [1.165, 1.54) is 0 Å². The van der Waals surface area contributed by atoms with E-state index in [0.717, 1.165) is 13.0 Å². The number of anilines is 2. The van der Waals surface area contributed by atoms with Crippen LogP contribution in [0, 0.1) is 0 Å². The third kappa shape index (κ3) is 3.08. The highest BCUT2D eigenvalue weighted by molar-refractivity contribution is 5.96. The minimum Gasteiger partial charge on any atom is -0.483 e. The Bertz CT molecular complexity index is 472. The van der Waals surface area contributed by atoms with Crippen molar-refractivity contribution in [2.24, 2.45) is 5.73 Å². The number of hydrogen-bond acceptors (Lipinski definition) is 5. The molecule has 0 atom stereocenters. The van der Waals surface area contributed by atoms with Gasteiger partial charge in [0.05, 0.1) is 18.9 Å². The SMILES string of the molecule is CCCNc1c(N)cc(C(N)=O)cc1OC1COC1. The van der Waals surface area contributed by atoms with Gasteiger partial charge in [-0.15, -0.1) is 0 Å². The normalized spacial score (nSPS) is 14.8. The van der Waals surface area contributed by atoms with Crippen LogP contribution in [-0.4, -0.2) is 31.8 Å². The molecule has 104 valence electrons. The van der Waals surface area contributed by atoms with Crippen molar-refractivity contribution in [3.8, 4) is 5.75 Å². The molecule has 1 amide bonds. The zero-order chi connectivity index (χ0) is 13.8. The van der Waals surface area contributed by atoms with Crippen LogP contribution in [0.25, 0.3) is 0 Å². The number of benzene rings is 1.